The van der Waals surface area contributed by atoms with E-state index in [-0.39, 0.29) is 19.0 Å². The molecule has 1 atom stereocenters. The molecule has 6 N–H and O–H groups in total. The number of aryl methyl sites for hydroxylation is 3. The van der Waals surface area contributed by atoms with Crippen LogP contribution in [0, 0.1) is 26.7 Å². The third-order valence-corrected chi connectivity index (χ3v) is 12.7. The molecule has 4 fully saturated rings. The summed E-state index contributed by atoms with van der Waals surface area (Å²) < 4.78 is 0. The number of likely N-dealkylation sites (tertiary alicyclic amines) is 2. The maximum Gasteiger partial charge on any atom is 0.376 e. The first-order chi connectivity index (χ1) is 29.9. The molecule has 3 aromatic rings. The lowest BCUT2D eigenvalue weighted by Crippen LogP contribution is -2.54. The van der Waals surface area contributed by atoms with Gasteiger partial charge in [-0.3, -0.25) is 4.79 Å². The average Bonchev–Trinajstić information content (AvgIpc) is 3.57. The number of urea groups is 1. The normalized spacial score (nSPS) is 18.6. The van der Waals surface area contributed by atoms with Gasteiger partial charge in [-0.25, -0.2) is 4.79 Å². The highest BCUT2D eigenvalue weighted by molar-refractivity contribution is 6.45. The van der Waals surface area contributed by atoms with Crippen molar-refractivity contribution in [2.75, 3.05) is 68.3 Å². The van der Waals surface area contributed by atoms with Crippen LogP contribution in [0.1, 0.15) is 101 Å². The standard InChI is InChI=1S/C25H40N4O2.C13H21BN2O.C12H18N2/c1-19(2)18-23(27-25(31)29-14-6-4-5-7-15-29)24(30)28-16-12-22(13-17-28)26-21-10-8-20(3)9-11-21;1-11-3-5-12(6-4-11)15-13-7-9-16(10-8-13)14(2)17;1-10-2-4-11(5-3-10)14-12-6-8-13-9-7-12/h8-11,19,22-23,26H,4-7,12-18H2,1-3H3,(H,27,31);3-6,13,15,17H,7-10H2,1-2H3;2-5,12-14H,6-9H2,1H3. The number of anilines is 3. The number of hydrogen-bond donors (Lipinski definition) is 6. The molecule has 1 unspecified atom stereocenters. The van der Waals surface area contributed by atoms with Crippen LogP contribution >= 0.6 is 0 Å². The van der Waals surface area contributed by atoms with Gasteiger partial charge in [-0.2, -0.15) is 0 Å². The number of nitrogens with one attached hydrogen (secondary N) is 5. The van der Waals surface area contributed by atoms with E-state index in [1.165, 1.54) is 53.7 Å². The van der Waals surface area contributed by atoms with Crippen LogP contribution in [0.5, 0.6) is 0 Å². The van der Waals surface area contributed by atoms with E-state index >= 15 is 0 Å². The van der Waals surface area contributed by atoms with Crippen LogP contribution in [-0.2, 0) is 4.79 Å². The van der Waals surface area contributed by atoms with Gasteiger partial charge in [0.2, 0.25) is 5.91 Å². The first kappa shape index (κ1) is 48.8. The van der Waals surface area contributed by atoms with Crippen molar-refractivity contribution in [1.82, 2.24) is 25.2 Å². The van der Waals surface area contributed by atoms with Gasteiger partial charge in [0.25, 0.3) is 0 Å². The van der Waals surface area contributed by atoms with Crippen molar-refractivity contribution in [3.05, 3.63) is 89.5 Å². The topological polar surface area (TPSA) is 124 Å². The largest absolute Gasteiger partial charge is 0.437 e. The summed E-state index contributed by atoms with van der Waals surface area (Å²) in [6.45, 7) is 19.7. The molecule has 0 bridgehead atoms. The zero-order valence-electron chi connectivity index (χ0n) is 38.9. The van der Waals surface area contributed by atoms with Crippen LogP contribution in [0.15, 0.2) is 72.8 Å². The Morgan fingerprint density at radius 1 is 0.613 bits per heavy atom. The predicted octanol–water partition coefficient (Wildman–Crippen LogP) is 8.54. The van der Waals surface area contributed by atoms with Crippen molar-refractivity contribution >= 4 is 36.1 Å². The molecule has 4 aliphatic rings. The van der Waals surface area contributed by atoms with Gasteiger partial charge in [0.1, 0.15) is 6.04 Å². The molecule has 3 aromatic carbocycles. The molecule has 7 rings (SSSR count). The Morgan fingerprint density at radius 3 is 1.42 bits per heavy atom. The maximum atomic E-state index is 13.3. The Bertz CT molecular complexity index is 1710. The number of rotatable bonds is 11. The van der Waals surface area contributed by atoms with Crippen LogP contribution in [-0.4, -0.2) is 115 Å². The molecule has 4 saturated heterocycles. The highest BCUT2D eigenvalue weighted by atomic mass is 16.2. The third-order valence-electron chi connectivity index (χ3n) is 12.7. The Balaban J connectivity index is 0.000000195. The Hall–Kier alpha value is -4.26. The lowest BCUT2D eigenvalue weighted by atomic mass is 9.82. The highest BCUT2D eigenvalue weighted by Crippen LogP contribution is 2.21. The van der Waals surface area contributed by atoms with Crippen molar-refractivity contribution in [2.45, 2.75) is 136 Å². The molecule has 0 aromatic heterocycles. The molecule has 0 aliphatic carbocycles. The van der Waals surface area contributed by atoms with Crippen LogP contribution in [0.2, 0.25) is 6.82 Å². The Labute approximate surface area is 374 Å². The quantitative estimate of drug-likeness (QED) is 0.106. The number of piperidine rings is 3. The van der Waals surface area contributed by atoms with E-state index in [1.54, 1.807) is 0 Å². The van der Waals surface area contributed by atoms with Gasteiger partial charge >= 0.3 is 13.1 Å². The van der Waals surface area contributed by atoms with E-state index in [9.17, 15) is 14.6 Å². The van der Waals surface area contributed by atoms with E-state index in [0.29, 0.717) is 30.5 Å². The van der Waals surface area contributed by atoms with Gasteiger partial charge in [0.05, 0.1) is 0 Å². The second-order valence-corrected chi connectivity index (χ2v) is 18.6. The molecule has 0 radical (unpaired) electrons. The minimum absolute atomic E-state index is 0.0724. The Morgan fingerprint density at radius 2 is 1.02 bits per heavy atom. The number of carbonyl (C=O) groups is 2. The summed E-state index contributed by atoms with van der Waals surface area (Å²) >= 11 is 0. The van der Waals surface area contributed by atoms with Crippen LogP contribution < -0.4 is 26.6 Å². The second kappa shape index (κ2) is 25.8. The number of amides is 3. The van der Waals surface area contributed by atoms with Crippen molar-refractivity contribution < 1.29 is 14.6 Å². The number of hydrogen-bond acceptors (Lipinski definition) is 8. The second-order valence-electron chi connectivity index (χ2n) is 18.6. The van der Waals surface area contributed by atoms with Crippen LogP contribution in [0.3, 0.4) is 0 Å². The van der Waals surface area contributed by atoms with Crippen LogP contribution in [0.4, 0.5) is 21.9 Å². The zero-order valence-corrected chi connectivity index (χ0v) is 38.9. The van der Waals surface area contributed by atoms with Gasteiger partial charge in [-0.15, -0.1) is 0 Å². The monoisotopic (exact) mass is 851 g/mol. The summed E-state index contributed by atoms with van der Waals surface area (Å²) in [4.78, 5) is 32.1. The Kier molecular flexibility index (Phi) is 20.3. The van der Waals surface area contributed by atoms with Gasteiger partial charge in [-0.1, -0.05) is 79.8 Å². The molecule has 4 heterocycles. The average molecular weight is 851 g/mol. The van der Waals surface area contributed by atoms with Crippen molar-refractivity contribution in [2.24, 2.45) is 5.92 Å². The van der Waals surface area contributed by atoms with Crippen molar-refractivity contribution in [3.63, 3.8) is 0 Å². The number of carbonyl (C=O) groups excluding carboxylic acids is 2. The first-order valence-corrected chi connectivity index (χ1v) is 23.9. The van der Waals surface area contributed by atoms with E-state index in [1.807, 2.05) is 16.6 Å². The summed E-state index contributed by atoms with van der Waals surface area (Å²) in [7, 11) is -0.310. The molecular weight excluding hydrogens is 771 g/mol. The summed E-state index contributed by atoms with van der Waals surface area (Å²) in [5.41, 5.74) is 7.45. The molecular formula is C50H79BN8O3. The SMILES string of the molecule is CB(O)N1CCC(Nc2ccc(C)cc2)CC1.Cc1ccc(NC2CCN(C(=O)C(CC(C)C)NC(=O)N3CCCCCC3)CC2)cc1.Cc1ccc(NC2CCNCC2)cc1. The molecule has 12 heteroatoms. The minimum Gasteiger partial charge on any atom is -0.437 e. The van der Waals surface area contributed by atoms with Crippen LogP contribution in [0.25, 0.3) is 0 Å². The number of benzene rings is 3. The van der Waals surface area contributed by atoms with E-state index in [0.717, 1.165) is 96.6 Å². The lowest BCUT2D eigenvalue weighted by molar-refractivity contribution is -0.134. The molecule has 11 nitrogen and oxygen atoms in total. The molecule has 0 saturated carbocycles. The summed E-state index contributed by atoms with van der Waals surface area (Å²) in [5, 5.41) is 26.7. The van der Waals surface area contributed by atoms with Gasteiger partial charge in [0.15, 0.2) is 0 Å². The summed E-state index contributed by atoms with van der Waals surface area (Å²) in [6, 6.07) is 26.7. The fourth-order valence-corrected chi connectivity index (χ4v) is 8.71. The van der Waals surface area contributed by atoms with Gasteiger partial charge in [-0.05, 0) is 154 Å². The maximum absolute atomic E-state index is 13.3. The zero-order chi connectivity index (χ0) is 44.3. The van der Waals surface area contributed by atoms with E-state index < -0.39 is 6.04 Å². The number of nitrogens with zero attached hydrogens (tertiary/aromatic N) is 3. The summed E-state index contributed by atoms with van der Waals surface area (Å²) in [5.74, 6) is 0.421. The molecule has 340 valence electrons. The van der Waals surface area contributed by atoms with Gasteiger partial charge in [0, 0.05) is 61.4 Å². The molecule has 3 amide bonds. The first-order valence-electron chi connectivity index (χ1n) is 23.9. The summed E-state index contributed by atoms with van der Waals surface area (Å²) in [6.07, 6.45) is 11.7. The molecule has 62 heavy (non-hydrogen) atoms. The third kappa shape index (κ3) is 17.1. The van der Waals surface area contributed by atoms with E-state index in [2.05, 4.69) is 139 Å². The molecule has 4 aliphatic heterocycles. The minimum atomic E-state index is -0.433. The fourth-order valence-electron chi connectivity index (χ4n) is 8.71. The van der Waals surface area contributed by atoms with Crippen molar-refractivity contribution in [1.29, 1.82) is 0 Å². The smallest absolute Gasteiger partial charge is 0.376 e. The van der Waals surface area contributed by atoms with Crippen molar-refractivity contribution in [3.8, 4) is 0 Å². The predicted molar refractivity (Wildman–Crippen MR) is 260 cm³/mol. The fraction of sp³-hybridized carbons (Fsp3) is 0.600. The molecule has 0 spiro atoms. The lowest BCUT2D eigenvalue weighted by Gasteiger charge is -2.36. The highest BCUT2D eigenvalue weighted by Gasteiger charge is 2.31. The van der Waals surface area contributed by atoms with Gasteiger partial charge < -0.3 is 46.2 Å². The van der Waals surface area contributed by atoms with E-state index in [4.69, 9.17) is 0 Å².